The summed E-state index contributed by atoms with van der Waals surface area (Å²) in [5, 5.41) is 5.62. The number of amides is 1. The van der Waals surface area contributed by atoms with Gasteiger partial charge in [0.1, 0.15) is 0 Å². The fourth-order valence-electron chi connectivity index (χ4n) is 0.691. The third kappa shape index (κ3) is 3.06. The molecule has 6 heteroatoms. The van der Waals surface area contributed by atoms with Crippen molar-refractivity contribution < 1.29 is 4.79 Å². The quantitative estimate of drug-likeness (QED) is 0.313. The second-order valence-corrected chi connectivity index (χ2v) is 3.21. The molecular formula is C7H6N4OS. The number of thiazole rings is 1. The summed E-state index contributed by atoms with van der Waals surface area (Å²) in [6, 6.07) is 0. The molecule has 1 rings (SSSR count). The lowest BCUT2D eigenvalue weighted by atomic mass is 10.4. The first-order valence-corrected chi connectivity index (χ1v) is 4.29. The van der Waals surface area contributed by atoms with Crippen LogP contribution in [0.5, 0.6) is 0 Å². The van der Waals surface area contributed by atoms with Gasteiger partial charge in [-0.25, -0.2) is 4.98 Å². The molecule has 1 heterocycles. The van der Waals surface area contributed by atoms with Crippen molar-refractivity contribution in [1.82, 2.24) is 4.98 Å². The van der Waals surface area contributed by atoms with E-state index in [0.717, 1.165) is 5.01 Å². The Kier molecular flexibility index (Phi) is 3.19. The first-order chi connectivity index (χ1) is 6.22. The number of hydrogen-bond donors (Lipinski definition) is 0. The van der Waals surface area contributed by atoms with Crippen molar-refractivity contribution in [1.29, 1.82) is 0 Å². The summed E-state index contributed by atoms with van der Waals surface area (Å²) >= 11 is 1.49. The lowest BCUT2D eigenvalue weighted by molar-refractivity contribution is -0.113. The Bertz CT molecular complexity index is 389. The van der Waals surface area contributed by atoms with E-state index >= 15 is 0 Å². The van der Waals surface area contributed by atoms with E-state index in [1.807, 2.05) is 12.3 Å². The smallest absolute Gasteiger partial charge is 0.242 e. The second kappa shape index (κ2) is 4.39. The van der Waals surface area contributed by atoms with Gasteiger partial charge in [-0.2, -0.15) is 0 Å². The van der Waals surface area contributed by atoms with Crippen LogP contribution in [0.25, 0.3) is 16.5 Å². The maximum absolute atomic E-state index is 10.7. The van der Waals surface area contributed by atoms with E-state index in [9.17, 15) is 4.79 Å². The van der Waals surface area contributed by atoms with Gasteiger partial charge in [-0.1, -0.05) is 0 Å². The Hall–Kier alpha value is -1.65. The van der Waals surface area contributed by atoms with Crippen molar-refractivity contribution in [3.63, 3.8) is 0 Å². The van der Waals surface area contributed by atoms with Crippen LogP contribution in [-0.4, -0.2) is 10.9 Å². The number of carbonyl (C=O) groups is 1. The highest BCUT2D eigenvalue weighted by molar-refractivity contribution is 7.09. The van der Waals surface area contributed by atoms with Crippen molar-refractivity contribution in [2.45, 2.75) is 6.92 Å². The minimum atomic E-state index is -0.617. The molecule has 0 N–H and O–H groups in total. The van der Waals surface area contributed by atoms with E-state index in [2.05, 4.69) is 15.0 Å². The molecule has 13 heavy (non-hydrogen) atoms. The Morgan fingerprint density at radius 1 is 1.85 bits per heavy atom. The molecule has 1 aromatic rings. The number of aromatic nitrogens is 1. The van der Waals surface area contributed by atoms with E-state index in [1.54, 1.807) is 0 Å². The molecule has 0 aliphatic heterocycles. The topological polar surface area (TPSA) is 78.7 Å². The van der Waals surface area contributed by atoms with Crippen molar-refractivity contribution in [3.8, 4) is 0 Å². The molecule has 0 aromatic carbocycles. The maximum atomic E-state index is 10.7. The first kappa shape index (κ1) is 9.44. The molecule has 1 aromatic heterocycles. The van der Waals surface area contributed by atoms with Crippen LogP contribution < -0.4 is 0 Å². The molecule has 0 saturated carbocycles. The largest absolute Gasteiger partial charge is 0.288 e. The minimum absolute atomic E-state index is 0.617. The minimum Gasteiger partial charge on any atom is -0.288 e. The van der Waals surface area contributed by atoms with E-state index in [4.69, 9.17) is 5.53 Å². The van der Waals surface area contributed by atoms with Gasteiger partial charge in [0.25, 0.3) is 0 Å². The van der Waals surface area contributed by atoms with Crippen LogP contribution in [0.15, 0.2) is 16.6 Å². The molecule has 0 bridgehead atoms. The molecule has 0 atom stereocenters. The van der Waals surface area contributed by atoms with Gasteiger partial charge in [-0.15, -0.1) is 11.3 Å². The molecule has 0 aliphatic carbocycles. The standard InChI is InChI=1S/C7H6N4OS/c1-5-9-6(4-13-5)2-3-7(12)10-11-8/h2-4H,1H3. The van der Waals surface area contributed by atoms with Gasteiger partial charge < -0.3 is 0 Å². The molecule has 1 amide bonds. The van der Waals surface area contributed by atoms with Gasteiger partial charge in [-0.3, -0.25) is 4.79 Å². The predicted octanol–water partition coefficient (Wildman–Crippen LogP) is 2.30. The highest BCUT2D eigenvalue weighted by Crippen LogP contribution is 2.08. The Balaban J connectivity index is 2.68. The first-order valence-electron chi connectivity index (χ1n) is 3.41. The summed E-state index contributed by atoms with van der Waals surface area (Å²) < 4.78 is 0. The Morgan fingerprint density at radius 2 is 2.62 bits per heavy atom. The number of azide groups is 1. The average molecular weight is 194 g/mol. The third-order valence-electron chi connectivity index (χ3n) is 1.18. The molecule has 66 valence electrons. The van der Waals surface area contributed by atoms with Crippen molar-refractivity contribution in [2.24, 2.45) is 5.11 Å². The zero-order chi connectivity index (χ0) is 9.68. The van der Waals surface area contributed by atoms with Gasteiger partial charge in [0.2, 0.25) is 5.91 Å². The molecule has 0 unspecified atom stereocenters. The number of aryl methyl sites for hydroxylation is 1. The third-order valence-corrected chi connectivity index (χ3v) is 1.97. The fraction of sp³-hybridized carbons (Fsp3) is 0.143. The van der Waals surface area contributed by atoms with Crippen molar-refractivity contribution in [3.05, 3.63) is 32.6 Å². The van der Waals surface area contributed by atoms with Crippen molar-refractivity contribution >= 4 is 23.3 Å². The Labute approximate surface area is 78.4 Å². The van der Waals surface area contributed by atoms with Crippen LogP contribution in [0.4, 0.5) is 0 Å². The summed E-state index contributed by atoms with van der Waals surface area (Å²) in [4.78, 5) is 17.1. The van der Waals surface area contributed by atoms with Gasteiger partial charge in [0.15, 0.2) is 0 Å². The lowest BCUT2D eigenvalue weighted by Crippen LogP contribution is -1.82. The monoisotopic (exact) mass is 194 g/mol. The van der Waals surface area contributed by atoms with Gasteiger partial charge in [0, 0.05) is 10.3 Å². The average Bonchev–Trinajstić information content (AvgIpc) is 2.49. The summed E-state index contributed by atoms with van der Waals surface area (Å²) in [6.45, 7) is 1.87. The van der Waals surface area contributed by atoms with Crippen LogP contribution in [0.1, 0.15) is 10.7 Å². The summed E-state index contributed by atoms with van der Waals surface area (Å²) in [5.74, 6) is -0.617. The summed E-state index contributed by atoms with van der Waals surface area (Å²) in [5.41, 5.74) is 8.63. The van der Waals surface area contributed by atoms with Gasteiger partial charge in [0.05, 0.1) is 10.7 Å². The highest BCUT2D eigenvalue weighted by Gasteiger charge is 1.94. The van der Waals surface area contributed by atoms with Gasteiger partial charge in [-0.05, 0) is 29.7 Å². The second-order valence-electron chi connectivity index (χ2n) is 2.15. The molecular weight excluding hydrogens is 188 g/mol. The number of hydrogen-bond acceptors (Lipinski definition) is 3. The molecule has 0 radical (unpaired) electrons. The summed E-state index contributed by atoms with van der Waals surface area (Å²) in [7, 11) is 0. The highest BCUT2D eigenvalue weighted by atomic mass is 32.1. The van der Waals surface area contributed by atoms with E-state index < -0.39 is 5.91 Å². The molecule has 0 aliphatic rings. The molecule has 0 fully saturated rings. The normalized spacial score (nSPS) is 9.92. The van der Waals surface area contributed by atoms with Crippen LogP contribution >= 0.6 is 11.3 Å². The molecule has 5 nitrogen and oxygen atoms in total. The predicted molar refractivity (Wildman–Crippen MR) is 50.0 cm³/mol. The van der Waals surface area contributed by atoms with E-state index in [0.29, 0.717) is 5.69 Å². The zero-order valence-electron chi connectivity index (χ0n) is 6.84. The molecule has 0 spiro atoms. The molecule has 0 saturated heterocycles. The number of nitrogens with zero attached hydrogens (tertiary/aromatic N) is 4. The number of carbonyl (C=O) groups excluding carboxylic acids is 1. The lowest BCUT2D eigenvalue weighted by Gasteiger charge is -1.80. The van der Waals surface area contributed by atoms with Crippen LogP contribution in [-0.2, 0) is 4.79 Å². The maximum Gasteiger partial charge on any atom is 0.242 e. The number of rotatable bonds is 2. The zero-order valence-corrected chi connectivity index (χ0v) is 7.65. The van der Waals surface area contributed by atoms with Crippen LogP contribution in [0.2, 0.25) is 0 Å². The van der Waals surface area contributed by atoms with Gasteiger partial charge >= 0.3 is 0 Å². The summed E-state index contributed by atoms with van der Waals surface area (Å²) in [6.07, 6.45) is 2.70. The van der Waals surface area contributed by atoms with Crippen LogP contribution in [0.3, 0.4) is 0 Å². The SMILES string of the molecule is Cc1nc(C=CC(=O)N=[N+]=[N-])cs1. The van der Waals surface area contributed by atoms with Crippen molar-refractivity contribution in [2.75, 3.05) is 0 Å². The van der Waals surface area contributed by atoms with E-state index in [1.165, 1.54) is 23.5 Å². The van der Waals surface area contributed by atoms with Crippen LogP contribution in [0, 0.1) is 6.92 Å². The van der Waals surface area contributed by atoms with E-state index in [-0.39, 0.29) is 0 Å². The fourth-order valence-corrected chi connectivity index (χ4v) is 1.27. The Morgan fingerprint density at radius 3 is 3.15 bits per heavy atom.